The molecule has 1 aromatic carbocycles. The fraction of sp³-hybridized carbons (Fsp3) is 0.333. The molecule has 0 spiro atoms. The fourth-order valence-corrected chi connectivity index (χ4v) is 2.14. The lowest BCUT2D eigenvalue weighted by atomic mass is 10.1. The lowest BCUT2D eigenvalue weighted by Gasteiger charge is -2.15. The Bertz CT molecular complexity index is 689. The number of anilines is 1. The van der Waals surface area contributed by atoms with Gasteiger partial charge in [0.15, 0.2) is 0 Å². The number of benzene rings is 1. The Morgan fingerprint density at radius 3 is 2.79 bits per heavy atom. The van der Waals surface area contributed by atoms with Gasteiger partial charge in [0.25, 0.3) is 0 Å². The second-order valence-corrected chi connectivity index (χ2v) is 5.81. The maximum atomic E-state index is 11.9. The second-order valence-electron chi connectivity index (χ2n) is 5.81. The Kier molecular flexibility index (Phi) is 6.14. The minimum Gasteiger partial charge on any atom is -0.491 e. The Morgan fingerprint density at radius 1 is 1.29 bits per heavy atom. The van der Waals surface area contributed by atoms with E-state index in [1.807, 2.05) is 39.0 Å². The van der Waals surface area contributed by atoms with E-state index in [2.05, 4.69) is 15.6 Å². The first kappa shape index (κ1) is 17.7. The number of hydrogen-bond donors (Lipinski definition) is 3. The summed E-state index contributed by atoms with van der Waals surface area (Å²) in [5.41, 5.74) is 1.68. The zero-order valence-electron chi connectivity index (χ0n) is 14.1. The number of aromatic nitrogens is 1. The van der Waals surface area contributed by atoms with E-state index >= 15 is 0 Å². The minimum atomic E-state index is -0.822. The third-order valence-corrected chi connectivity index (χ3v) is 3.23. The van der Waals surface area contributed by atoms with E-state index in [-0.39, 0.29) is 12.6 Å². The van der Waals surface area contributed by atoms with Crippen molar-refractivity contribution in [1.82, 2.24) is 10.3 Å². The molecule has 2 amide bonds. The van der Waals surface area contributed by atoms with Gasteiger partial charge in [-0.3, -0.25) is 5.32 Å². The molecule has 3 N–H and O–H groups in total. The van der Waals surface area contributed by atoms with E-state index in [0.717, 1.165) is 5.56 Å². The molecule has 0 bridgehead atoms. The highest BCUT2D eigenvalue weighted by molar-refractivity contribution is 5.88. The Labute approximate surface area is 141 Å². The van der Waals surface area contributed by atoms with Crippen LogP contribution in [0.1, 0.15) is 31.1 Å². The SMILES string of the molecule is Cc1ccnc(NC(=O)NCC(O)c2cccc(OC(C)C)c2)c1. The standard InChI is InChI=1S/C18H23N3O3/c1-12(2)24-15-6-4-5-14(10-15)16(22)11-20-18(23)21-17-9-13(3)7-8-19-17/h4-10,12,16,22H,11H2,1-3H3,(H2,19,20,21,23). The zero-order valence-corrected chi connectivity index (χ0v) is 14.1. The molecule has 0 radical (unpaired) electrons. The Balaban J connectivity index is 1.88. The first-order chi connectivity index (χ1) is 11.4. The summed E-state index contributed by atoms with van der Waals surface area (Å²) < 4.78 is 5.60. The van der Waals surface area contributed by atoms with Crippen LogP contribution in [-0.4, -0.2) is 28.8 Å². The maximum absolute atomic E-state index is 11.9. The van der Waals surface area contributed by atoms with E-state index in [4.69, 9.17) is 4.74 Å². The molecule has 0 saturated carbocycles. The normalized spacial score (nSPS) is 11.9. The van der Waals surface area contributed by atoms with Crippen LogP contribution in [0.4, 0.5) is 10.6 Å². The van der Waals surface area contributed by atoms with E-state index < -0.39 is 12.1 Å². The molecule has 2 aromatic rings. The molecule has 0 fully saturated rings. The van der Waals surface area contributed by atoms with E-state index in [0.29, 0.717) is 17.1 Å². The highest BCUT2D eigenvalue weighted by atomic mass is 16.5. The fourth-order valence-electron chi connectivity index (χ4n) is 2.14. The quantitative estimate of drug-likeness (QED) is 0.760. The van der Waals surface area contributed by atoms with Crippen molar-refractivity contribution in [3.8, 4) is 5.75 Å². The average Bonchev–Trinajstić information content (AvgIpc) is 2.52. The maximum Gasteiger partial charge on any atom is 0.320 e. The summed E-state index contributed by atoms with van der Waals surface area (Å²) in [6, 6.07) is 10.4. The average molecular weight is 329 g/mol. The first-order valence-corrected chi connectivity index (χ1v) is 7.86. The number of nitrogens with one attached hydrogen (secondary N) is 2. The number of carbonyl (C=O) groups is 1. The van der Waals surface area contributed by atoms with Crippen molar-refractivity contribution < 1.29 is 14.6 Å². The molecule has 6 heteroatoms. The van der Waals surface area contributed by atoms with Crippen molar-refractivity contribution in [2.45, 2.75) is 33.0 Å². The van der Waals surface area contributed by atoms with Crippen molar-refractivity contribution in [1.29, 1.82) is 0 Å². The molecule has 0 aliphatic rings. The van der Waals surface area contributed by atoms with Gasteiger partial charge in [0.2, 0.25) is 0 Å². The van der Waals surface area contributed by atoms with Gasteiger partial charge in [-0.25, -0.2) is 9.78 Å². The number of urea groups is 1. The van der Waals surface area contributed by atoms with E-state index in [1.165, 1.54) is 0 Å². The molecule has 0 saturated heterocycles. The number of rotatable bonds is 6. The number of pyridine rings is 1. The van der Waals surface area contributed by atoms with E-state index in [1.54, 1.807) is 24.4 Å². The predicted molar refractivity (Wildman–Crippen MR) is 93.2 cm³/mol. The van der Waals surface area contributed by atoms with Crippen LogP contribution in [0.25, 0.3) is 0 Å². The number of aliphatic hydroxyl groups is 1. The van der Waals surface area contributed by atoms with Gasteiger partial charge in [-0.15, -0.1) is 0 Å². The largest absolute Gasteiger partial charge is 0.491 e. The first-order valence-electron chi connectivity index (χ1n) is 7.86. The van der Waals surface area contributed by atoms with Crippen molar-refractivity contribution in [2.24, 2.45) is 0 Å². The van der Waals surface area contributed by atoms with Crippen LogP contribution in [0.15, 0.2) is 42.6 Å². The summed E-state index contributed by atoms with van der Waals surface area (Å²) in [7, 11) is 0. The predicted octanol–water partition coefficient (Wildman–Crippen LogP) is 3.03. The van der Waals surface area contributed by atoms with Gasteiger partial charge < -0.3 is 15.2 Å². The lowest BCUT2D eigenvalue weighted by molar-refractivity contribution is 0.174. The molecule has 6 nitrogen and oxygen atoms in total. The van der Waals surface area contributed by atoms with Crippen molar-refractivity contribution >= 4 is 11.8 Å². The molecular weight excluding hydrogens is 306 g/mol. The van der Waals surface area contributed by atoms with Gasteiger partial charge in [-0.2, -0.15) is 0 Å². The number of ether oxygens (including phenoxy) is 1. The highest BCUT2D eigenvalue weighted by Crippen LogP contribution is 2.20. The monoisotopic (exact) mass is 329 g/mol. The summed E-state index contributed by atoms with van der Waals surface area (Å²) in [6.45, 7) is 5.88. The summed E-state index contributed by atoms with van der Waals surface area (Å²) in [5.74, 6) is 1.16. The van der Waals surface area contributed by atoms with E-state index in [9.17, 15) is 9.90 Å². The van der Waals surface area contributed by atoms with Crippen LogP contribution >= 0.6 is 0 Å². The number of aliphatic hydroxyl groups excluding tert-OH is 1. The number of amides is 2. The summed E-state index contributed by atoms with van der Waals surface area (Å²) in [5, 5.41) is 15.5. The third-order valence-electron chi connectivity index (χ3n) is 3.23. The zero-order chi connectivity index (χ0) is 17.5. The molecule has 0 aliphatic carbocycles. The van der Waals surface area contributed by atoms with Crippen LogP contribution in [-0.2, 0) is 0 Å². The summed E-state index contributed by atoms with van der Waals surface area (Å²) >= 11 is 0. The van der Waals surface area contributed by atoms with Gasteiger partial charge >= 0.3 is 6.03 Å². The van der Waals surface area contributed by atoms with Gasteiger partial charge in [0.1, 0.15) is 11.6 Å². The molecule has 1 unspecified atom stereocenters. The third kappa shape index (κ3) is 5.55. The van der Waals surface area contributed by atoms with Crippen LogP contribution in [0, 0.1) is 6.92 Å². The van der Waals surface area contributed by atoms with Crippen molar-refractivity contribution in [2.75, 3.05) is 11.9 Å². The van der Waals surface area contributed by atoms with Crippen LogP contribution in [0.2, 0.25) is 0 Å². The van der Waals surface area contributed by atoms with Gasteiger partial charge in [-0.05, 0) is 56.2 Å². The molecule has 2 rings (SSSR count). The van der Waals surface area contributed by atoms with Crippen LogP contribution in [0.5, 0.6) is 5.75 Å². The molecular formula is C18H23N3O3. The van der Waals surface area contributed by atoms with Gasteiger partial charge in [0.05, 0.1) is 12.2 Å². The molecule has 1 atom stereocenters. The second kappa shape index (κ2) is 8.31. The van der Waals surface area contributed by atoms with Gasteiger partial charge in [0, 0.05) is 12.7 Å². The molecule has 128 valence electrons. The van der Waals surface area contributed by atoms with Gasteiger partial charge in [-0.1, -0.05) is 12.1 Å². The number of nitrogens with zero attached hydrogens (tertiary/aromatic N) is 1. The Hall–Kier alpha value is -2.60. The van der Waals surface area contributed by atoms with Crippen LogP contribution in [0.3, 0.4) is 0 Å². The number of hydrogen-bond acceptors (Lipinski definition) is 4. The van der Waals surface area contributed by atoms with Crippen molar-refractivity contribution in [3.63, 3.8) is 0 Å². The minimum absolute atomic E-state index is 0.0584. The molecule has 0 aliphatic heterocycles. The van der Waals surface area contributed by atoms with Crippen molar-refractivity contribution in [3.05, 3.63) is 53.7 Å². The highest BCUT2D eigenvalue weighted by Gasteiger charge is 2.11. The van der Waals surface area contributed by atoms with Crippen LogP contribution < -0.4 is 15.4 Å². The number of carbonyl (C=O) groups excluding carboxylic acids is 1. The molecule has 1 heterocycles. The topological polar surface area (TPSA) is 83.5 Å². The molecule has 1 aromatic heterocycles. The summed E-state index contributed by atoms with van der Waals surface area (Å²) in [4.78, 5) is 15.9. The summed E-state index contributed by atoms with van der Waals surface area (Å²) in [6.07, 6.45) is 0.861. The Morgan fingerprint density at radius 2 is 2.08 bits per heavy atom. The smallest absolute Gasteiger partial charge is 0.320 e. The molecule has 24 heavy (non-hydrogen) atoms. The lowest BCUT2D eigenvalue weighted by Crippen LogP contribution is -2.32. The number of aryl methyl sites for hydroxylation is 1.